The lowest BCUT2D eigenvalue weighted by Gasteiger charge is -2.53. The van der Waals surface area contributed by atoms with Crippen molar-refractivity contribution in [2.75, 3.05) is 39.3 Å². The maximum absolute atomic E-state index is 14.2. The second-order valence-electron chi connectivity index (χ2n) is 13.6. The predicted octanol–water partition coefficient (Wildman–Crippen LogP) is 7.06. The zero-order valence-electron chi connectivity index (χ0n) is 27.6. The van der Waals surface area contributed by atoms with Gasteiger partial charge in [-0.15, -0.1) is 0 Å². The van der Waals surface area contributed by atoms with Crippen molar-refractivity contribution in [3.05, 3.63) is 87.4 Å². The Morgan fingerprint density at radius 3 is 2.33 bits per heavy atom. The minimum absolute atomic E-state index is 0.0807. The Balaban J connectivity index is 1.16. The Morgan fingerprint density at radius 2 is 1.65 bits per heavy atom. The summed E-state index contributed by atoms with van der Waals surface area (Å²) in [4.78, 5) is 32.2. The number of ether oxygens (including phenoxy) is 4. The molecule has 254 valence electrons. The molecule has 1 saturated carbocycles. The van der Waals surface area contributed by atoms with Crippen LogP contribution in [0.4, 0.5) is 5.69 Å². The van der Waals surface area contributed by atoms with E-state index >= 15 is 0 Å². The third kappa shape index (κ3) is 5.85. The van der Waals surface area contributed by atoms with Gasteiger partial charge in [0.2, 0.25) is 5.91 Å². The number of benzene rings is 3. The molecule has 2 saturated heterocycles. The van der Waals surface area contributed by atoms with Gasteiger partial charge in [0, 0.05) is 40.2 Å². The fourth-order valence-corrected chi connectivity index (χ4v) is 9.52. The molecule has 0 N–H and O–H groups in total. The molecule has 1 amide bonds. The molecule has 1 spiro atoms. The molecule has 4 aliphatic rings. The molecule has 3 aliphatic heterocycles. The van der Waals surface area contributed by atoms with Crippen molar-refractivity contribution < 1.29 is 28.5 Å². The average Bonchev–Trinajstić information content (AvgIpc) is 3.45. The highest BCUT2D eigenvalue weighted by molar-refractivity contribution is 6.31. The first-order valence-electron chi connectivity index (χ1n) is 16.7. The van der Waals surface area contributed by atoms with Crippen molar-refractivity contribution in [1.29, 1.82) is 0 Å². The SMILES string of the molecule is COC(=O)[C@@H]1[C@H]2C[C@@H]3N(CC[C@@]34CC(=O)N(Cc3ccc(OC)cc3Cl)c3ccccc34)C[C@@H]2CC[C@@H]1OCc1ccc(OC)cc1Cl. The monoisotopic (exact) mass is 692 g/mol. The lowest BCUT2D eigenvalue weighted by molar-refractivity contribution is -0.165. The number of rotatable bonds is 8. The summed E-state index contributed by atoms with van der Waals surface area (Å²) >= 11 is 13.2. The second kappa shape index (κ2) is 13.5. The molecule has 8 nitrogen and oxygen atoms in total. The van der Waals surface area contributed by atoms with Gasteiger partial charge in [0.25, 0.3) is 0 Å². The van der Waals surface area contributed by atoms with Crippen LogP contribution in [0.25, 0.3) is 0 Å². The minimum Gasteiger partial charge on any atom is -0.497 e. The average molecular weight is 694 g/mol. The zero-order valence-corrected chi connectivity index (χ0v) is 29.1. The number of piperidine rings is 1. The van der Waals surface area contributed by atoms with E-state index in [2.05, 4.69) is 23.1 Å². The number of halogens is 2. The lowest BCUT2D eigenvalue weighted by Crippen LogP contribution is -2.58. The highest BCUT2D eigenvalue weighted by Gasteiger charge is 2.59. The van der Waals surface area contributed by atoms with E-state index in [0.717, 1.165) is 55.6 Å². The molecule has 0 radical (unpaired) electrons. The number of esters is 1. The summed E-state index contributed by atoms with van der Waals surface area (Å²) in [6.07, 6.45) is 3.58. The zero-order chi connectivity index (χ0) is 33.6. The van der Waals surface area contributed by atoms with Crippen LogP contribution in [0.5, 0.6) is 11.5 Å². The van der Waals surface area contributed by atoms with Crippen LogP contribution < -0.4 is 14.4 Å². The van der Waals surface area contributed by atoms with Crippen molar-refractivity contribution >= 4 is 40.8 Å². The van der Waals surface area contributed by atoms with E-state index in [4.69, 9.17) is 42.1 Å². The summed E-state index contributed by atoms with van der Waals surface area (Å²) < 4.78 is 22.6. The molecule has 3 fully saturated rings. The maximum Gasteiger partial charge on any atom is 0.311 e. The van der Waals surface area contributed by atoms with E-state index < -0.39 is 5.92 Å². The molecule has 3 aromatic carbocycles. The fourth-order valence-electron chi connectivity index (χ4n) is 9.06. The van der Waals surface area contributed by atoms with Crippen LogP contribution in [-0.2, 0) is 37.6 Å². The van der Waals surface area contributed by atoms with E-state index in [9.17, 15) is 9.59 Å². The van der Waals surface area contributed by atoms with Crippen LogP contribution in [-0.4, -0.2) is 63.3 Å². The number of carbonyl (C=O) groups excluding carboxylic acids is 2. The number of hydrogen-bond donors (Lipinski definition) is 0. The Bertz CT molecular complexity index is 1700. The Hall–Kier alpha value is -3.30. The van der Waals surface area contributed by atoms with Crippen LogP contribution in [0.2, 0.25) is 10.0 Å². The van der Waals surface area contributed by atoms with Crippen molar-refractivity contribution in [2.24, 2.45) is 17.8 Å². The number of carbonyl (C=O) groups is 2. The van der Waals surface area contributed by atoms with Gasteiger partial charge in [0.05, 0.1) is 46.5 Å². The van der Waals surface area contributed by atoms with Gasteiger partial charge in [0.1, 0.15) is 11.5 Å². The molecular weight excluding hydrogens is 651 g/mol. The first-order chi connectivity index (χ1) is 23.3. The van der Waals surface area contributed by atoms with Crippen LogP contribution in [0.15, 0.2) is 60.7 Å². The molecular formula is C38H42Cl2N2O6. The van der Waals surface area contributed by atoms with Crippen molar-refractivity contribution in [2.45, 2.75) is 62.8 Å². The van der Waals surface area contributed by atoms with Gasteiger partial charge >= 0.3 is 5.97 Å². The maximum atomic E-state index is 14.2. The third-order valence-corrected chi connectivity index (χ3v) is 12.2. The number of hydrogen-bond acceptors (Lipinski definition) is 7. The molecule has 3 heterocycles. The summed E-state index contributed by atoms with van der Waals surface area (Å²) in [6, 6.07) is 19.6. The molecule has 1 aliphatic carbocycles. The largest absolute Gasteiger partial charge is 0.497 e. The minimum atomic E-state index is -0.395. The number of anilines is 1. The topological polar surface area (TPSA) is 77.5 Å². The third-order valence-electron chi connectivity index (χ3n) is 11.5. The van der Waals surface area contributed by atoms with E-state index in [0.29, 0.717) is 47.0 Å². The van der Waals surface area contributed by atoms with Crippen LogP contribution in [0.3, 0.4) is 0 Å². The first kappa shape index (κ1) is 33.2. The van der Waals surface area contributed by atoms with E-state index in [-0.39, 0.29) is 35.4 Å². The molecule has 0 aromatic heterocycles. The molecule has 3 aromatic rings. The number of para-hydroxylation sites is 1. The van der Waals surface area contributed by atoms with E-state index in [1.807, 2.05) is 35.2 Å². The Labute approximate surface area is 292 Å². The highest BCUT2D eigenvalue weighted by atomic mass is 35.5. The predicted molar refractivity (Wildman–Crippen MR) is 185 cm³/mol. The van der Waals surface area contributed by atoms with Crippen LogP contribution in [0, 0.1) is 17.8 Å². The van der Waals surface area contributed by atoms with Gasteiger partial charge in [-0.2, -0.15) is 0 Å². The Morgan fingerprint density at radius 1 is 0.938 bits per heavy atom. The first-order valence-corrected chi connectivity index (χ1v) is 17.5. The number of fused-ring (bicyclic) bond motifs is 5. The summed E-state index contributed by atoms with van der Waals surface area (Å²) in [7, 11) is 4.69. The summed E-state index contributed by atoms with van der Waals surface area (Å²) in [5, 5.41) is 1.14. The fraction of sp³-hybridized carbons (Fsp3) is 0.474. The number of amides is 1. The second-order valence-corrected chi connectivity index (χ2v) is 14.5. The molecule has 48 heavy (non-hydrogen) atoms. The summed E-state index contributed by atoms with van der Waals surface area (Å²) in [5.74, 6) is 1.28. The van der Waals surface area contributed by atoms with E-state index in [1.54, 1.807) is 26.4 Å². The molecule has 6 atom stereocenters. The number of nitrogens with zero attached hydrogens (tertiary/aromatic N) is 2. The van der Waals surface area contributed by atoms with Gasteiger partial charge in [-0.3, -0.25) is 14.5 Å². The standard InChI is InChI=1S/C38H42Cl2N2O6/c1-45-26-11-8-24(30(39)16-26)21-42-32-7-5-4-6-29(32)38(19-35(42)43)14-15-41-20-23-10-13-33(36(37(44)47-3)28(23)18-34(38)41)48-22-25-9-12-27(46-2)17-31(25)40/h4-9,11-12,16-17,23,28,33-34,36H,10,13-15,18-22H2,1-3H3/t23-,28-,33-,34-,36+,38-/m0/s1. The van der Waals surface area contributed by atoms with Crippen LogP contribution >= 0.6 is 23.2 Å². The normalized spacial score (nSPS) is 28.1. The lowest BCUT2D eigenvalue weighted by atomic mass is 9.60. The van der Waals surface area contributed by atoms with E-state index in [1.165, 1.54) is 12.7 Å². The van der Waals surface area contributed by atoms with Crippen molar-refractivity contribution in [1.82, 2.24) is 4.90 Å². The van der Waals surface area contributed by atoms with Gasteiger partial charge in [-0.1, -0.05) is 53.5 Å². The molecule has 7 rings (SSSR count). The van der Waals surface area contributed by atoms with Crippen molar-refractivity contribution in [3.63, 3.8) is 0 Å². The summed E-state index contributed by atoms with van der Waals surface area (Å²) in [5.41, 5.74) is 3.52. The smallest absolute Gasteiger partial charge is 0.311 e. The molecule has 10 heteroatoms. The molecule has 0 bridgehead atoms. The van der Waals surface area contributed by atoms with Crippen LogP contribution in [0.1, 0.15) is 48.8 Å². The quantitative estimate of drug-likeness (QED) is 0.234. The number of methoxy groups -OCH3 is 3. The van der Waals surface area contributed by atoms with Gasteiger partial charge < -0.3 is 23.8 Å². The molecule has 0 unspecified atom stereocenters. The van der Waals surface area contributed by atoms with Gasteiger partial charge in [-0.05, 0) is 91.1 Å². The van der Waals surface area contributed by atoms with Gasteiger partial charge in [-0.25, -0.2) is 0 Å². The van der Waals surface area contributed by atoms with Crippen molar-refractivity contribution in [3.8, 4) is 11.5 Å². The van der Waals surface area contributed by atoms with Gasteiger partial charge in [0.15, 0.2) is 0 Å². The Kier molecular flexibility index (Phi) is 9.37. The summed E-state index contributed by atoms with van der Waals surface area (Å²) in [6.45, 7) is 2.52. The highest BCUT2D eigenvalue weighted by Crippen LogP contribution is 2.56.